The van der Waals surface area contributed by atoms with Crippen LogP contribution in [0.25, 0.3) is 0 Å². The van der Waals surface area contributed by atoms with Gasteiger partial charge in [-0.15, -0.1) is 0 Å². The minimum Gasteiger partial charge on any atom is -0.366 e. The summed E-state index contributed by atoms with van der Waals surface area (Å²) < 4.78 is 0. The summed E-state index contributed by atoms with van der Waals surface area (Å²) in [6.07, 6.45) is 0. The summed E-state index contributed by atoms with van der Waals surface area (Å²) in [7, 11) is 0. The van der Waals surface area contributed by atoms with Gasteiger partial charge in [-0.3, -0.25) is 0 Å². The van der Waals surface area contributed by atoms with Crippen molar-refractivity contribution in [3.8, 4) is 0 Å². The average Bonchev–Trinajstić information content (AvgIpc) is 2.52. The highest BCUT2D eigenvalue weighted by Gasteiger charge is 2.16. The zero-order valence-corrected chi connectivity index (χ0v) is 17.5. The Morgan fingerprint density at radius 3 is 1.46 bits per heavy atom. The highest BCUT2D eigenvalue weighted by atomic mass is 15.2. The molecule has 3 heteroatoms. The molecule has 0 bridgehead atoms. The van der Waals surface area contributed by atoms with Gasteiger partial charge in [0.05, 0.1) is 5.70 Å². The van der Waals surface area contributed by atoms with E-state index in [2.05, 4.69) is 108 Å². The van der Waals surface area contributed by atoms with Crippen molar-refractivity contribution in [3.63, 3.8) is 0 Å². The molecule has 0 radical (unpaired) electrons. The first-order chi connectivity index (χ1) is 12.1. The number of anilines is 2. The van der Waals surface area contributed by atoms with Gasteiger partial charge in [0.2, 0.25) is 0 Å². The van der Waals surface area contributed by atoms with Crippen molar-refractivity contribution in [1.82, 2.24) is 5.32 Å². The van der Waals surface area contributed by atoms with Gasteiger partial charge in [-0.1, -0.05) is 36.4 Å². The number of para-hydroxylation sites is 2. The molecule has 0 fully saturated rings. The predicted octanol–water partition coefficient (Wildman–Crippen LogP) is 6.02. The lowest BCUT2D eigenvalue weighted by Gasteiger charge is -2.28. The number of rotatable bonds is 5. The number of hydrogen-bond acceptors (Lipinski definition) is 3. The van der Waals surface area contributed by atoms with Crippen molar-refractivity contribution >= 4 is 11.4 Å². The fourth-order valence-electron chi connectivity index (χ4n) is 2.99. The molecule has 2 aromatic carbocycles. The molecular formula is C23H33N3. The predicted molar refractivity (Wildman–Crippen MR) is 115 cm³/mol. The molecule has 0 unspecified atom stereocenters. The van der Waals surface area contributed by atoms with Gasteiger partial charge in [-0.2, -0.15) is 0 Å². The minimum absolute atomic E-state index is 0.0529. The zero-order chi connectivity index (χ0) is 19.5. The number of aryl methyl sites for hydroxylation is 4. The smallest absolute Gasteiger partial charge is 0.123 e. The van der Waals surface area contributed by atoms with Crippen LogP contribution < -0.4 is 16.0 Å². The van der Waals surface area contributed by atoms with Crippen LogP contribution in [0.3, 0.4) is 0 Å². The molecule has 2 aromatic rings. The lowest BCUT2D eigenvalue weighted by Crippen LogP contribution is -2.39. The maximum absolute atomic E-state index is 3.64. The van der Waals surface area contributed by atoms with E-state index in [1.54, 1.807) is 0 Å². The van der Waals surface area contributed by atoms with Crippen LogP contribution >= 0.6 is 0 Å². The third kappa shape index (κ3) is 5.04. The highest BCUT2D eigenvalue weighted by molar-refractivity contribution is 5.63. The summed E-state index contributed by atoms with van der Waals surface area (Å²) in [5, 5.41) is 10.9. The molecular weight excluding hydrogens is 318 g/mol. The van der Waals surface area contributed by atoms with Crippen LogP contribution in [0.5, 0.6) is 0 Å². The zero-order valence-electron chi connectivity index (χ0n) is 17.5. The van der Waals surface area contributed by atoms with E-state index < -0.39 is 0 Å². The molecule has 0 saturated carbocycles. The largest absolute Gasteiger partial charge is 0.366 e. The molecule has 0 aromatic heterocycles. The quantitative estimate of drug-likeness (QED) is 0.616. The van der Waals surface area contributed by atoms with E-state index in [0.717, 1.165) is 17.2 Å². The Labute approximate surface area is 158 Å². The van der Waals surface area contributed by atoms with Crippen molar-refractivity contribution in [2.45, 2.75) is 60.9 Å². The summed E-state index contributed by atoms with van der Waals surface area (Å²) >= 11 is 0. The number of allylic oxidation sites excluding steroid dienone is 1. The van der Waals surface area contributed by atoms with Gasteiger partial charge in [-0.05, 0) is 77.6 Å². The van der Waals surface area contributed by atoms with Gasteiger partial charge in [0.1, 0.15) is 5.82 Å². The highest BCUT2D eigenvalue weighted by Crippen LogP contribution is 2.25. The second kappa shape index (κ2) is 7.86. The van der Waals surface area contributed by atoms with Crippen LogP contribution in [0, 0.1) is 27.7 Å². The number of benzene rings is 2. The van der Waals surface area contributed by atoms with Crippen LogP contribution in [-0.2, 0) is 0 Å². The van der Waals surface area contributed by atoms with Gasteiger partial charge in [-0.25, -0.2) is 0 Å². The Kier molecular flexibility index (Phi) is 6.01. The number of nitrogens with one attached hydrogen (secondary N) is 3. The van der Waals surface area contributed by atoms with Gasteiger partial charge in [0, 0.05) is 16.9 Å². The molecule has 3 nitrogen and oxygen atoms in total. The minimum atomic E-state index is -0.0529. The summed E-state index contributed by atoms with van der Waals surface area (Å²) in [6, 6.07) is 12.7. The van der Waals surface area contributed by atoms with E-state index in [0.29, 0.717) is 0 Å². The molecule has 0 atom stereocenters. The maximum atomic E-state index is 3.64. The van der Waals surface area contributed by atoms with Gasteiger partial charge >= 0.3 is 0 Å². The Balaban J connectivity index is 2.44. The lowest BCUT2D eigenvalue weighted by atomic mass is 10.1. The number of hydrogen-bond donors (Lipinski definition) is 3. The maximum Gasteiger partial charge on any atom is 0.123 e. The molecule has 26 heavy (non-hydrogen) atoms. The fraction of sp³-hybridized carbons (Fsp3) is 0.391. The van der Waals surface area contributed by atoms with E-state index in [-0.39, 0.29) is 5.54 Å². The second-order valence-electron chi connectivity index (χ2n) is 8.16. The van der Waals surface area contributed by atoms with Crippen LogP contribution in [-0.4, -0.2) is 5.54 Å². The van der Waals surface area contributed by atoms with Gasteiger partial charge < -0.3 is 16.0 Å². The molecule has 0 saturated heterocycles. The Morgan fingerprint density at radius 2 is 1.08 bits per heavy atom. The van der Waals surface area contributed by atoms with Crippen molar-refractivity contribution in [3.05, 3.63) is 70.2 Å². The Bertz CT molecular complexity index is 770. The van der Waals surface area contributed by atoms with Crippen molar-refractivity contribution in [2.24, 2.45) is 0 Å². The van der Waals surface area contributed by atoms with Gasteiger partial charge in [0.15, 0.2) is 0 Å². The molecule has 0 aliphatic heterocycles. The Morgan fingerprint density at radius 1 is 0.692 bits per heavy atom. The molecule has 140 valence electrons. The van der Waals surface area contributed by atoms with Crippen molar-refractivity contribution < 1.29 is 0 Å². The first-order valence-corrected chi connectivity index (χ1v) is 9.24. The standard InChI is InChI=1S/C23H33N3/c1-15-11-9-12-16(2)20(15)24-19(5)22(26-23(6,7)8)25-21-17(3)13-10-14-18(21)4/h9-14,24-26H,1-8H3/b22-19-. The SMILES string of the molecule is C/C(Nc1c(C)cccc1C)=C(\Nc1c(C)cccc1C)NC(C)(C)C. The molecule has 2 rings (SSSR count). The molecule has 0 spiro atoms. The van der Waals surface area contributed by atoms with Crippen LogP contribution in [0.15, 0.2) is 47.9 Å². The summed E-state index contributed by atoms with van der Waals surface area (Å²) in [5.74, 6) is 0.998. The summed E-state index contributed by atoms with van der Waals surface area (Å²) in [6.45, 7) is 17.2. The lowest BCUT2D eigenvalue weighted by molar-refractivity contribution is 0.473. The van der Waals surface area contributed by atoms with Crippen LogP contribution in [0.2, 0.25) is 0 Å². The topological polar surface area (TPSA) is 36.1 Å². The fourth-order valence-corrected chi connectivity index (χ4v) is 2.99. The van der Waals surface area contributed by atoms with Crippen molar-refractivity contribution in [2.75, 3.05) is 10.6 Å². The summed E-state index contributed by atoms with van der Waals surface area (Å²) in [4.78, 5) is 0. The van der Waals surface area contributed by atoms with E-state index in [1.165, 1.54) is 27.9 Å². The van der Waals surface area contributed by atoms with Crippen LogP contribution in [0.4, 0.5) is 11.4 Å². The van der Waals surface area contributed by atoms with Gasteiger partial charge in [0.25, 0.3) is 0 Å². The monoisotopic (exact) mass is 351 g/mol. The summed E-state index contributed by atoms with van der Waals surface area (Å²) in [5.41, 5.74) is 8.29. The average molecular weight is 352 g/mol. The van der Waals surface area contributed by atoms with Crippen molar-refractivity contribution in [1.29, 1.82) is 0 Å². The Hall–Kier alpha value is -2.42. The van der Waals surface area contributed by atoms with Crippen LogP contribution in [0.1, 0.15) is 49.9 Å². The first-order valence-electron chi connectivity index (χ1n) is 9.24. The third-order valence-corrected chi connectivity index (χ3v) is 4.40. The molecule has 0 aliphatic rings. The molecule has 0 heterocycles. The molecule has 3 N–H and O–H groups in total. The van der Waals surface area contributed by atoms with E-state index >= 15 is 0 Å². The molecule has 0 aliphatic carbocycles. The normalized spacial score (nSPS) is 12.5. The molecule has 0 amide bonds. The first kappa shape index (κ1) is 19.9. The van der Waals surface area contributed by atoms with E-state index in [1.807, 2.05) is 0 Å². The third-order valence-electron chi connectivity index (χ3n) is 4.40. The van der Waals surface area contributed by atoms with E-state index in [4.69, 9.17) is 0 Å². The van der Waals surface area contributed by atoms with E-state index in [9.17, 15) is 0 Å². The second-order valence-corrected chi connectivity index (χ2v) is 8.16.